The maximum Gasteiger partial charge on any atom is 0.341 e. The molecule has 4 aromatic rings. The molecule has 0 aliphatic carbocycles. The standard InChI is InChI=1S/C7H3BrCl2O3.C7H4BrClO3.C7H5BrO3.C7H6O3.Br2/c8-2-1-3(9)6(11)4(5(2)10)7(12)13;8-3-1-4(7(11)12)6(10)5(9)2-3;8-4-1-2-6(9)5(3-4)7(10)11;8-6-4-2-1-3-5(6)7(9)10;1-2/h1,11H,(H,12,13);1-2,10H,(H,11,12);1-3,9H,(H,10,11);1-4,8H,(H,9,10);. The molecule has 0 bridgehead atoms. The maximum absolute atomic E-state index is 10.6. The predicted octanol–water partition coefficient (Wildman–Crippen LogP) is 10.3. The summed E-state index contributed by atoms with van der Waals surface area (Å²) in [6.07, 6.45) is 0. The van der Waals surface area contributed by atoms with Crippen LogP contribution in [-0.4, -0.2) is 64.7 Å². The van der Waals surface area contributed by atoms with Gasteiger partial charge >= 0.3 is 23.9 Å². The van der Waals surface area contributed by atoms with Crippen LogP contribution in [0.25, 0.3) is 0 Å². The van der Waals surface area contributed by atoms with Gasteiger partial charge in [0.1, 0.15) is 45.3 Å². The van der Waals surface area contributed by atoms with Crippen molar-refractivity contribution in [2.45, 2.75) is 0 Å². The van der Waals surface area contributed by atoms with Crippen molar-refractivity contribution < 1.29 is 60.0 Å². The Labute approximate surface area is 326 Å². The van der Waals surface area contributed by atoms with Crippen molar-refractivity contribution in [3.05, 3.63) is 111 Å². The smallest absolute Gasteiger partial charge is 0.341 e. The first-order valence-electron chi connectivity index (χ1n) is 11.7. The van der Waals surface area contributed by atoms with E-state index in [1.54, 1.807) is 18.2 Å². The molecule has 12 nitrogen and oxygen atoms in total. The number of phenols is 4. The summed E-state index contributed by atoms with van der Waals surface area (Å²) in [7, 11) is 0. The monoisotopic (exact) mass is 1050 g/mol. The number of aromatic hydroxyl groups is 4. The Hall–Kier alpha value is -2.77. The van der Waals surface area contributed by atoms with E-state index in [4.69, 9.17) is 70.5 Å². The Bertz CT molecular complexity index is 1770. The highest BCUT2D eigenvalue weighted by Crippen LogP contribution is 2.38. The molecule has 0 atom stereocenters. The third-order valence-corrected chi connectivity index (χ3v) is 7.72. The molecule has 20 heteroatoms. The second-order valence-corrected chi connectivity index (χ2v) is 11.9. The minimum atomic E-state index is -1.33. The number of hydrogen-bond donors (Lipinski definition) is 8. The SMILES string of the molecule is BrBr.O=C(O)c1c(O)c(Cl)cc(Br)c1Cl.O=C(O)c1cc(Br)cc(Cl)c1O.O=C(O)c1cc(Br)ccc1O.O=C(O)c1ccccc1O. The van der Waals surface area contributed by atoms with Crippen LogP contribution < -0.4 is 0 Å². The molecule has 0 unspecified atom stereocenters. The zero-order valence-corrected chi connectivity index (χ0v) is 33.2. The van der Waals surface area contributed by atoms with E-state index < -0.39 is 40.9 Å². The highest BCUT2D eigenvalue weighted by atomic mass is 80.9. The maximum atomic E-state index is 10.6. The molecule has 0 saturated heterocycles. The van der Waals surface area contributed by atoms with Gasteiger partial charge in [0, 0.05) is 41.7 Å². The van der Waals surface area contributed by atoms with E-state index in [9.17, 15) is 24.3 Å². The molecule has 48 heavy (non-hydrogen) atoms. The quantitative estimate of drug-likeness (QED) is 0.0893. The van der Waals surface area contributed by atoms with Gasteiger partial charge in [-0.25, -0.2) is 19.2 Å². The Morgan fingerprint density at radius 3 is 1.42 bits per heavy atom. The third kappa shape index (κ3) is 14.4. The van der Waals surface area contributed by atoms with Crippen molar-refractivity contribution in [1.29, 1.82) is 0 Å². The van der Waals surface area contributed by atoms with E-state index in [0.717, 1.165) is 0 Å². The lowest BCUT2D eigenvalue weighted by molar-refractivity contribution is 0.0682. The summed E-state index contributed by atoms with van der Waals surface area (Å²) in [6, 6.07) is 14.1. The average Bonchev–Trinajstić information content (AvgIpc) is 3.01. The van der Waals surface area contributed by atoms with Crippen molar-refractivity contribution in [1.82, 2.24) is 0 Å². The molecule has 0 heterocycles. The van der Waals surface area contributed by atoms with Gasteiger partial charge in [0.25, 0.3) is 0 Å². The molecule has 258 valence electrons. The number of aromatic carboxylic acids is 4. The highest BCUT2D eigenvalue weighted by molar-refractivity contribution is 9.93. The van der Waals surface area contributed by atoms with Gasteiger partial charge in [-0.05, 0) is 64.5 Å². The molecule has 0 radical (unpaired) electrons. The summed E-state index contributed by atoms with van der Waals surface area (Å²) in [6.45, 7) is 0. The third-order valence-electron chi connectivity index (χ3n) is 4.94. The van der Waals surface area contributed by atoms with Gasteiger partial charge in [-0.2, -0.15) is 0 Å². The lowest BCUT2D eigenvalue weighted by Gasteiger charge is -2.05. The van der Waals surface area contributed by atoms with Crippen molar-refractivity contribution in [3.63, 3.8) is 0 Å². The van der Waals surface area contributed by atoms with Crippen molar-refractivity contribution in [2.24, 2.45) is 0 Å². The molecule has 8 N–H and O–H groups in total. The summed E-state index contributed by atoms with van der Waals surface area (Å²) in [4.78, 5) is 41.8. The summed E-state index contributed by atoms with van der Waals surface area (Å²) in [5, 5.41) is 70.4. The molecular weight excluding hydrogens is 1030 g/mol. The molecule has 4 rings (SSSR count). The molecular formula is C28H18Br5Cl3O12. The predicted molar refractivity (Wildman–Crippen MR) is 196 cm³/mol. The summed E-state index contributed by atoms with van der Waals surface area (Å²) < 4.78 is 1.48. The van der Waals surface area contributed by atoms with Crippen LogP contribution in [0.2, 0.25) is 15.1 Å². The number of carboxylic acid groups (broad SMARTS) is 4. The fraction of sp³-hybridized carbons (Fsp3) is 0. The van der Waals surface area contributed by atoms with Crippen LogP contribution in [0.15, 0.2) is 74.1 Å². The lowest BCUT2D eigenvalue weighted by Crippen LogP contribution is -1.98. The molecule has 0 saturated carbocycles. The normalized spacial score (nSPS) is 9.42. The van der Waals surface area contributed by atoms with Crippen LogP contribution in [0, 0.1) is 0 Å². The van der Waals surface area contributed by atoms with Crippen LogP contribution in [0.4, 0.5) is 0 Å². The van der Waals surface area contributed by atoms with E-state index >= 15 is 0 Å². The number of carbonyl (C=O) groups is 4. The molecule has 0 spiro atoms. The Kier molecular flexibility index (Phi) is 20.8. The van der Waals surface area contributed by atoms with Gasteiger partial charge in [-0.1, -0.05) is 78.8 Å². The second kappa shape index (κ2) is 22.0. The number of hydrogen-bond acceptors (Lipinski definition) is 8. The number of rotatable bonds is 4. The molecule has 0 aliphatic heterocycles. The minimum absolute atomic E-state index is 0.0155. The van der Waals surface area contributed by atoms with Gasteiger partial charge in [-0.15, -0.1) is 0 Å². The molecule has 0 fully saturated rings. The van der Waals surface area contributed by atoms with Crippen LogP contribution in [0.3, 0.4) is 0 Å². The van der Waals surface area contributed by atoms with Crippen molar-refractivity contribution in [3.8, 4) is 23.0 Å². The lowest BCUT2D eigenvalue weighted by atomic mass is 10.2. The second-order valence-electron chi connectivity index (χ2n) is 8.06. The van der Waals surface area contributed by atoms with Crippen LogP contribution in [0.1, 0.15) is 41.4 Å². The van der Waals surface area contributed by atoms with E-state index in [1.165, 1.54) is 42.5 Å². The van der Waals surface area contributed by atoms with E-state index in [-0.39, 0.29) is 43.3 Å². The van der Waals surface area contributed by atoms with Gasteiger partial charge < -0.3 is 40.9 Å². The summed E-state index contributed by atoms with van der Waals surface area (Å²) >= 11 is 31.3. The first-order valence-corrected chi connectivity index (χ1v) is 18.9. The Balaban J connectivity index is 0.000000605. The van der Waals surface area contributed by atoms with Crippen LogP contribution in [0.5, 0.6) is 23.0 Å². The molecule has 4 aromatic carbocycles. The largest absolute Gasteiger partial charge is 0.507 e. The topological polar surface area (TPSA) is 230 Å². The van der Waals surface area contributed by atoms with Gasteiger partial charge in [0.15, 0.2) is 0 Å². The van der Waals surface area contributed by atoms with Gasteiger partial charge in [-0.3, -0.25) is 0 Å². The number of halogens is 8. The van der Waals surface area contributed by atoms with Crippen molar-refractivity contribution >= 4 is 135 Å². The van der Waals surface area contributed by atoms with E-state index in [2.05, 4.69) is 76.0 Å². The summed E-state index contributed by atoms with van der Waals surface area (Å²) in [5.41, 5.74) is -0.780. The zero-order valence-electron chi connectivity index (χ0n) is 23.0. The first kappa shape index (κ1) is 45.2. The number of carboxylic acids is 4. The molecule has 0 aliphatic rings. The van der Waals surface area contributed by atoms with E-state index in [1.807, 2.05) is 0 Å². The first-order chi connectivity index (χ1) is 22.3. The van der Waals surface area contributed by atoms with E-state index in [0.29, 0.717) is 13.4 Å². The van der Waals surface area contributed by atoms with Crippen LogP contribution in [-0.2, 0) is 0 Å². The fourth-order valence-corrected chi connectivity index (χ4v) is 5.00. The fourth-order valence-electron chi connectivity index (χ4n) is 2.84. The minimum Gasteiger partial charge on any atom is -0.507 e. The number of para-hydroxylation sites is 1. The average molecular weight is 1050 g/mol. The highest BCUT2D eigenvalue weighted by Gasteiger charge is 2.20. The molecule has 0 aromatic heterocycles. The van der Waals surface area contributed by atoms with Gasteiger partial charge in [0.05, 0.1) is 15.1 Å². The summed E-state index contributed by atoms with van der Waals surface area (Å²) in [5.74, 6) is -6.14. The van der Waals surface area contributed by atoms with Crippen LogP contribution >= 0.6 is 111 Å². The van der Waals surface area contributed by atoms with Gasteiger partial charge in [0.2, 0.25) is 0 Å². The molecule has 0 amide bonds. The number of benzene rings is 4. The van der Waals surface area contributed by atoms with Crippen molar-refractivity contribution in [2.75, 3.05) is 0 Å². The Morgan fingerprint density at radius 1 is 0.521 bits per heavy atom. The Morgan fingerprint density at radius 2 is 0.979 bits per heavy atom. The zero-order chi connectivity index (χ0) is 37.5.